The summed E-state index contributed by atoms with van der Waals surface area (Å²) in [4.78, 5) is 33.3. The van der Waals surface area contributed by atoms with Gasteiger partial charge >= 0.3 is 0 Å². The standard InChI is InChI=1S/C26H22N4O2S2/c1-2-29(21-14-8-12-17-11-6-7-13-19(17)21)22(31)16-34-26-28-24-23(25(32)30(26)27)20(15-33-24)18-9-4-3-5-10-18/h3-15H,2,16,27H2,1H3. The van der Waals surface area contributed by atoms with E-state index in [1.54, 1.807) is 4.90 Å². The van der Waals surface area contributed by atoms with Crippen molar-refractivity contribution in [3.05, 3.63) is 88.5 Å². The Balaban J connectivity index is 1.43. The van der Waals surface area contributed by atoms with E-state index in [-0.39, 0.29) is 17.2 Å². The van der Waals surface area contributed by atoms with Gasteiger partial charge < -0.3 is 10.7 Å². The van der Waals surface area contributed by atoms with Gasteiger partial charge in [0.15, 0.2) is 5.16 Å². The van der Waals surface area contributed by atoms with Crippen molar-refractivity contribution in [2.75, 3.05) is 23.0 Å². The highest BCUT2D eigenvalue weighted by atomic mass is 32.2. The maximum absolute atomic E-state index is 13.2. The molecule has 6 nitrogen and oxygen atoms in total. The van der Waals surface area contributed by atoms with Crippen LogP contribution >= 0.6 is 23.1 Å². The molecule has 5 aromatic rings. The molecule has 5 rings (SSSR count). The van der Waals surface area contributed by atoms with Gasteiger partial charge in [0.1, 0.15) is 4.83 Å². The Labute approximate surface area is 204 Å². The first-order valence-corrected chi connectivity index (χ1v) is 12.7. The monoisotopic (exact) mass is 486 g/mol. The highest BCUT2D eigenvalue weighted by Crippen LogP contribution is 2.32. The summed E-state index contributed by atoms with van der Waals surface area (Å²) in [5.74, 6) is 6.18. The molecular weight excluding hydrogens is 464 g/mol. The van der Waals surface area contributed by atoms with Crippen molar-refractivity contribution >= 4 is 55.7 Å². The van der Waals surface area contributed by atoms with Gasteiger partial charge in [0.2, 0.25) is 5.91 Å². The van der Waals surface area contributed by atoms with E-state index in [0.717, 1.165) is 32.3 Å². The average molecular weight is 487 g/mol. The van der Waals surface area contributed by atoms with Gasteiger partial charge in [-0.25, -0.2) is 9.66 Å². The van der Waals surface area contributed by atoms with Crippen LogP contribution in [0.5, 0.6) is 0 Å². The van der Waals surface area contributed by atoms with Crippen LogP contribution in [0.1, 0.15) is 6.92 Å². The topological polar surface area (TPSA) is 81.2 Å². The third kappa shape index (κ3) is 3.95. The number of benzene rings is 3. The normalized spacial score (nSPS) is 11.2. The zero-order valence-electron chi connectivity index (χ0n) is 18.5. The second-order valence-corrected chi connectivity index (χ2v) is 9.49. The van der Waals surface area contributed by atoms with E-state index in [9.17, 15) is 9.59 Å². The van der Waals surface area contributed by atoms with Gasteiger partial charge in [0, 0.05) is 22.9 Å². The van der Waals surface area contributed by atoms with Crippen molar-refractivity contribution < 1.29 is 4.79 Å². The molecule has 0 atom stereocenters. The summed E-state index contributed by atoms with van der Waals surface area (Å²) in [5, 5.41) is 4.84. The lowest BCUT2D eigenvalue weighted by atomic mass is 10.1. The van der Waals surface area contributed by atoms with E-state index in [1.807, 2.05) is 85.1 Å². The number of fused-ring (bicyclic) bond motifs is 2. The highest BCUT2D eigenvalue weighted by Gasteiger charge is 2.20. The fraction of sp³-hybridized carbons (Fsp3) is 0.115. The highest BCUT2D eigenvalue weighted by molar-refractivity contribution is 7.99. The number of aromatic nitrogens is 2. The number of nitrogens with two attached hydrogens (primary N) is 1. The second-order valence-electron chi connectivity index (χ2n) is 7.69. The van der Waals surface area contributed by atoms with E-state index < -0.39 is 0 Å². The van der Waals surface area contributed by atoms with Gasteiger partial charge in [-0.2, -0.15) is 0 Å². The number of anilines is 1. The van der Waals surface area contributed by atoms with Gasteiger partial charge in [-0.3, -0.25) is 9.59 Å². The zero-order valence-corrected chi connectivity index (χ0v) is 20.1. The molecule has 0 aliphatic rings. The molecule has 2 N–H and O–H groups in total. The smallest absolute Gasteiger partial charge is 0.282 e. The van der Waals surface area contributed by atoms with Gasteiger partial charge in [-0.15, -0.1) is 11.3 Å². The van der Waals surface area contributed by atoms with Crippen LogP contribution in [0.25, 0.3) is 32.1 Å². The molecule has 0 saturated heterocycles. The van der Waals surface area contributed by atoms with E-state index in [0.29, 0.717) is 21.9 Å². The molecule has 0 saturated carbocycles. The van der Waals surface area contributed by atoms with Crippen LogP contribution in [0.4, 0.5) is 5.69 Å². The number of nitrogens with zero attached hydrogens (tertiary/aromatic N) is 3. The Morgan fingerprint density at radius 2 is 1.79 bits per heavy atom. The lowest BCUT2D eigenvalue weighted by Crippen LogP contribution is -2.33. The van der Waals surface area contributed by atoms with Crippen molar-refractivity contribution in [1.29, 1.82) is 0 Å². The van der Waals surface area contributed by atoms with Gasteiger partial charge in [0.25, 0.3) is 5.56 Å². The van der Waals surface area contributed by atoms with Crippen LogP contribution in [-0.2, 0) is 4.79 Å². The van der Waals surface area contributed by atoms with E-state index in [1.165, 1.54) is 23.1 Å². The lowest BCUT2D eigenvalue weighted by Gasteiger charge is -2.22. The summed E-state index contributed by atoms with van der Waals surface area (Å²) in [7, 11) is 0. The number of rotatable bonds is 6. The first kappa shape index (κ1) is 22.2. The molecule has 0 bridgehead atoms. The molecule has 8 heteroatoms. The van der Waals surface area contributed by atoms with Crippen molar-refractivity contribution in [3.63, 3.8) is 0 Å². The molecule has 0 fully saturated rings. The van der Waals surface area contributed by atoms with Crippen LogP contribution in [-0.4, -0.2) is 27.9 Å². The SMILES string of the molecule is CCN(C(=O)CSc1nc2scc(-c3ccccc3)c2c(=O)n1N)c1cccc2ccccc12. The first-order chi connectivity index (χ1) is 16.6. The fourth-order valence-electron chi connectivity index (χ4n) is 4.05. The van der Waals surface area contributed by atoms with Crippen molar-refractivity contribution in [2.24, 2.45) is 0 Å². The number of hydrogen-bond acceptors (Lipinski definition) is 6. The molecule has 34 heavy (non-hydrogen) atoms. The number of carbonyl (C=O) groups is 1. The number of carbonyl (C=O) groups excluding carboxylic acids is 1. The molecule has 2 aromatic heterocycles. The summed E-state index contributed by atoms with van der Waals surface area (Å²) in [6.07, 6.45) is 0. The number of thiophene rings is 1. The Bertz CT molecular complexity index is 1550. The molecule has 0 aliphatic carbocycles. The molecule has 0 spiro atoms. The van der Waals surface area contributed by atoms with Crippen molar-refractivity contribution in [1.82, 2.24) is 9.66 Å². The van der Waals surface area contributed by atoms with Crippen LogP contribution in [0.3, 0.4) is 0 Å². The summed E-state index contributed by atoms with van der Waals surface area (Å²) >= 11 is 2.58. The molecule has 3 aromatic carbocycles. The van der Waals surface area contributed by atoms with Crippen molar-refractivity contribution in [2.45, 2.75) is 12.1 Å². The number of amides is 1. The van der Waals surface area contributed by atoms with Crippen LogP contribution < -0.4 is 16.3 Å². The lowest BCUT2D eigenvalue weighted by molar-refractivity contribution is -0.116. The average Bonchev–Trinajstić information content (AvgIpc) is 3.30. The molecule has 0 unspecified atom stereocenters. The molecule has 2 heterocycles. The van der Waals surface area contributed by atoms with Crippen LogP contribution in [0.15, 0.2) is 88.1 Å². The van der Waals surface area contributed by atoms with E-state index in [2.05, 4.69) is 4.98 Å². The predicted molar refractivity (Wildman–Crippen MR) is 142 cm³/mol. The quantitative estimate of drug-likeness (QED) is 0.204. The largest absolute Gasteiger partial charge is 0.334 e. The van der Waals surface area contributed by atoms with Gasteiger partial charge in [0.05, 0.1) is 16.8 Å². The van der Waals surface area contributed by atoms with Crippen LogP contribution in [0.2, 0.25) is 0 Å². The summed E-state index contributed by atoms with van der Waals surface area (Å²) in [6, 6.07) is 23.6. The Hall–Kier alpha value is -3.62. The summed E-state index contributed by atoms with van der Waals surface area (Å²) in [6.45, 7) is 2.48. The fourth-order valence-corrected chi connectivity index (χ4v) is 5.83. The molecular formula is C26H22N4O2S2. The summed E-state index contributed by atoms with van der Waals surface area (Å²) < 4.78 is 1.05. The van der Waals surface area contributed by atoms with Gasteiger partial charge in [-0.1, -0.05) is 78.5 Å². The number of hydrogen-bond donors (Lipinski definition) is 1. The summed E-state index contributed by atoms with van der Waals surface area (Å²) in [5.41, 5.74) is 2.31. The minimum absolute atomic E-state index is 0.0747. The maximum atomic E-state index is 13.2. The van der Waals surface area contributed by atoms with E-state index >= 15 is 0 Å². The van der Waals surface area contributed by atoms with Crippen molar-refractivity contribution in [3.8, 4) is 11.1 Å². The zero-order chi connectivity index (χ0) is 23.7. The second kappa shape index (κ2) is 9.32. The third-order valence-corrected chi connectivity index (χ3v) is 7.50. The minimum atomic E-state index is -0.318. The molecule has 170 valence electrons. The Morgan fingerprint density at radius 1 is 1.06 bits per heavy atom. The van der Waals surface area contributed by atoms with Crippen LogP contribution in [0, 0.1) is 0 Å². The molecule has 0 aliphatic heterocycles. The predicted octanol–water partition coefficient (Wildman–Crippen LogP) is 5.14. The maximum Gasteiger partial charge on any atom is 0.282 e. The minimum Gasteiger partial charge on any atom is -0.334 e. The number of nitrogen functional groups attached to an aromatic ring is 1. The number of thioether (sulfide) groups is 1. The molecule has 1 amide bonds. The first-order valence-electron chi connectivity index (χ1n) is 10.8. The Morgan fingerprint density at radius 3 is 2.59 bits per heavy atom. The van der Waals surface area contributed by atoms with E-state index in [4.69, 9.17) is 5.84 Å². The Kier molecular flexibility index (Phi) is 6.08. The molecule has 0 radical (unpaired) electrons. The third-order valence-electron chi connectivity index (χ3n) is 5.69. The van der Waals surface area contributed by atoms with Gasteiger partial charge in [-0.05, 0) is 23.9 Å².